The van der Waals surface area contributed by atoms with Gasteiger partial charge in [0.15, 0.2) is 5.43 Å². The van der Waals surface area contributed by atoms with Gasteiger partial charge in [-0.3, -0.25) is 25.0 Å². The van der Waals surface area contributed by atoms with Gasteiger partial charge in [-0.25, -0.2) is 14.6 Å². The predicted molar refractivity (Wildman–Crippen MR) is 130 cm³/mol. The number of hydrogen-bond donors (Lipinski definition) is 3. The Hall–Kier alpha value is -4.85. The van der Waals surface area contributed by atoms with Crippen LogP contribution in [0.2, 0.25) is 0 Å². The maximum absolute atomic E-state index is 12.3. The number of benzene rings is 2. The minimum absolute atomic E-state index is 0.0111. The molecule has 36 heavy (non-hydrogen) atoms. The molecule has 0 unspecified atom stereocenters. The summed E-state index contributed by atoms with van der Waals surface area (Å²) in [6, 6.07) is 10.1. The molecular formula is C22H14BrN5O8. The summed E-state index contributed by atoms with van der Waals surface area (Å²) in [7, 11) is 0. The average molecular weight is 556 g/mol. The van der Waals surface area contributed by atoms with Crippen molar-refractivity contribution in [3.8, 4) is 5.69 Å². The molecule has 2 aromatic carbocycles. The van der Waals surface area contributed by atoms with E-state index in [0.29, 0.717) is 5.69 Å². The van der Waals surface area contributed by atoms with Gasteiger partial charge in [0.1, 0.15) is 12.3 Å². The minimum atomic E-state index is -1.57. The van der Waals surface area contributed by atoms with E-state index in [2.05, 4.69) is 31.2 Å². The van der Waals surface area contributed by atoms with E-state index in [0.717, 1.165) is 16.6 Å². The molecule has 0 spiro atoms. The molecule has 0 saturated carbocycles. The number of fused-ring (bicyclic) bond motifs is 1. The predicted octanol–water partition coefficient (Wildman–Crippen LogP) is 3.19. The number of ether oxygens (including phenoxy) is 1. The first kappa shape index (κ1) is 24.3. The summed E-state index contributed by atoms with van der Waals surface area (Å²) in [5.74, 6) is -1.57. The quantitative estimate of drug-likeness (QED) is 0.237. The van der Waals surface area contributed by atoms with Crippen LogP contribution >= 0.6 is 15.9 Å². The number of aromatic carboxylic acids is 1. The summed E-state index contributed by atoms with van der Waals surface area (Å²) in [5.41, 5.74) is -2.41. The Morgan fingerprint density at radius 1 is 1.22 bits per heavy atom. The van der Waals surface area contributed by atoms with Gasteiger partial charge in [-0.1, -0.05) is 22.0 Å². The lowest BCUT2D eigenvalue weighted by atomic mass is 10.2. The van der Waals surface area contributed by atoms with E-state index in [1.165, 1.54) is 23.0 Å². The molecule has 13 nitrogen and oxygen atoms in total. The Morgan fingerprint density at radius 3 is 2.69 bits per heavy atom. The van der Waals surface area contributed by atoms with Crippen LogP contribution < -0.4 is 16.3 Å². The summed E-state index contributed by atoms with van der Waals surface area (Å²) in [6.07, 6.45) is 1.67. The molecule has 3 N–H and O–H groups in total. The number of aromatic amines is 1. The highest BCUT2D eigenvalue weighted by molar-refractivity contribution is 9.10. The lowest BCUT2D eigenvalue weighted by Gasteiger charge is -2.11. The fourth-order valence-corrected chi connectivity index (χ4v) is 3.66. The van der Waals surface area contributed by atoms with Crippen molar-refractivity contribution in [1.82, 2.24) is 14.5 Å². The van der Waals surface area contributed by atoms with Crippen LogP contribution in [0.1, 0.15) is 16.1 Å². The highest BCUT2D eigenvalue weighted by Crippen LogP contribution is 2.27. The SMILES string of the molecule is O=C(Nc1cccc(Br)c1)OCc1cn(-c2cc3nc(C(=O)O)c(=O)[nH]c3cc2[N+](=O)[O-])ccc1=O. The number of H-pyrrole nitrogens is 1. The second-order valence-corrected chi connectivity index (χ2v) is 8.20. The van der Waals surface area contributed by atoms with Gasteiger partial charge in [0.2, 0.25) is 5.69 Å². The first-order valence-electron chi connectivity index (χ1n) is 9.99. The molecule has 0 aliphatic rings. The Bertz CT molecular complexity index is 1660. The fourth-order valence-electron chi connectivity index (χ4n) is 3.26. The fraction of sp³-hybridized carbons (Fsp3) is 0.0455. The maximum atomic E-state index is 12.3. The molecule has 1 amide bonds. The zero-order chi connectivity index (χ0) is 26.0. The molecular weight excluding hydrogens is 542 g/mol. The second kappa shape index (κ2) is 9.79. The molecule has 0 aliphatic heterocycles. The van der Waals surface area contributed by atoms with E-state index in [1.54, 1.807) is 24.3 Å². The number of aromatic nitrogens is 3. The van der Waals surface area contributed by atoms with E-state index in [9.17, 15) is 29.3 Å². The van der Waals surface area contributed by atoms with Gasteiger partial charge in [-0.15, -0.1) is 0 Å². The van der Waals surface area contributed by atoms with Crippen molar-refractivity contribution in [1.29, 1.82) is 0 Å². The van der Waals surface area contributed by atoms with Crippen LogP contribution in [0.3, 0.4) is 0 Å². The second-order valence-electron chi connectivity index (χ2n) is 7.29. The number of halogens is 1. The van der Waals surface area contributed by atoms with E-state index in [-0.39, 0.29) is 22.3 Å². The lowest BCUT2D eigenvalue weighted by molar-refractivity contribution is -0.384. The van der Waals surface area contributed by atoms with Gasteiger partial charge in [0.25, 0.3) is 11.2 Å². The van der Waals surface area contributed by atoms with Gasteiger partial charge in [-0.05, 0) is 24.3 Å². The standard InChI is InChI=1S/C22H14BrN5O8/c23-12-2-1-3-13(6-12)24-22(33)36-10-11-9-27(5-4-18(11)29)16-7-14-15(8-17(16)28(34)35)26-20(30)19(25-14)21(31)32/h1-9H,10H2,(H,24,33)(H,26,30)(H,31,32). The lowest BCUT2D eigenvalue weighted by Crippen LogP contribution is -2.20. The monoisotopic (exact) mass is 555 g/mol. The van der Waals surface area contributed by atoms with Crippen LogP contribution in [0.25, 0.3) is 16.7 Å². The maximum Gasteiger partial charge on any atom is 0.411 e. The number of carbonyl (C=O) groups is 2. The minimum Gasteiger partial charge on any atom is -0.476 e. The van der Waals surface area contributed by atoms with Crippen molar-refractivity contribution < 1.29 is 24.4 Å². The zero-order valence-electron chi connectivity index (χ0n) is 17.9. The summed E-state index contributed by atoms with van der Waals surface area (Å²) in [6.45, 7) is -0.435. The van der Waals surface area contributed by atoms with Gasteiger partial charge >= 0.3 is 12.1 Å². The number of carbonyl (C=O) groups excluding carboxylic acids is 1. The third kappa shape index (κ3) is 5.12. The Balaban J connectivity index is 1.68. The van der Waals surface area contributed by atoms with Crippen LogP contribution in [-0.2, 0) is 11.3 Å². The van der Waals surface area contributed by atoms with Crippen molar-refractivity contribution in [2.24, 2.45) is 0 Å². The molecule has 4 aromatic rings. The highest BCUT2D eigenvalue weighted by Gasteiger charge is 2.20. The molecule has 0 atom stereocenters. The van der Waals surface area contributed by atoms with Gasteiger partial charge < -0.3 is 19.4 Å². The molecule has 0 saturated heterocycles. The molecule has 2 heterocycles. The number of carboxylic acids is 1. The number of pyridine rings is 1. The van der Waals surface area contributed by atoms with E-state index >= 15 is 0 Å². The first-order chi connectivity index (χ1) is 17.1. The Labute approximate surface area is 208 Å². The van der Waals surface area contributed by atoms with Crippen LogP contribution in [0.15, 0.2) is 68.9 Å². The number of amides is 1. The summed E-state index contributed by atoms with van der Waals surface area (Å²) in [5, 5.41) is 23.4. The molecule has 0 aliphatic carbocycles. The highest BCUT2D eigenvalue weighted by atomic mass is 79.9. The smallest absolute Gasteiger partial charge is 0.411 e. The van der Waals surface area contributed by atoms with Crippen molar-refractivity contribution in [3.05, 3.63) is 101 Å². The largest absolute Gasteiger partial charge is 0.476 e. The first-order valence-corrected chi connectivity index (χ1v) is 10.8. The van der Waals surface area contributed by atoms with Crippen LogP contribution in [0, 0.1) is 10.1 Å². The van der Waals surface area contributed by atoms with Crippen molar-refractivity contribution in [3.63, 3.8) is 0 Å². The zero-order valence-corrected chi connectivity index (χ0v) is 19.5. The van der Waals surface area contributed by atoms with Crippen LogP contribution in [0.5, 0.6) is 0 Å². The van der Waals surface area contributed by atoms with Crippen molar-refractivity contribution in [2.75, 3.05) is 5.32 Å². The van der Waals surface area contributed by atoms with E-state index < -0.39 is 46.0 Å². The number of nitrogens with one attached hydrogen (secondary N) is 2. The van der Waals surface area contributed by atoms with Crippen LogP contribution in [0.4, 0.5) is 16.2 Å². The topological polar surface area (TPSA) is 187 Å². The molecule has 2 aromatic heterocycles. The molecule has 182 valence electrons. The van der Waals surface area contributed by atoms with Gasteiger partial charge in [0.05, 0.1) is 21.5 Å². The molecule has 4 rings (SSSR count). The summed E-state index contributed by atoms with van der Waals surface area (Å²) < 4.78 is 7.08. The number of hydrogen-bond acceptors (Lipinski definition) is 8. The molecule has 0 bridgehead atoms. The molecule has 14 heteroatoms. The average Bonchev–Trinajstić information content (AvgIpc) is 2.82. The normalized spacial score (nSPS) is 10.7. The third-order valence-corrected chi connectivity index (χ3v) is 5.39. The number of nitrogens with zero attached hydrogens (tertiary/aromatic N) is 3. The summed E-state index contributed by atoms with van der Waals surface area (Å²) in [4.78, 5) is 64.7. The number of nitro groups is 1. The van der Waals surface area contributed by atoms with Crippen molar-refractivity contribution in [2.45, 2.75) is 6.61 Å². The number of nitro benzene ring substituents is 1. The molecule has 0 radical (unpaired) electrons. The van der Waals surface area contributed by atoms with E-state index in [4.69, 9.17) is 9.84 Å². The van der Waals surface area contributed by atoms with E-state index in [1.807, 2.05) is 0 Å². The number of anilines is 1. The van der Waals surface area contributed by atoms with Crippen molar-refractivity contribution >= 4 is 50.4 Å². The van der Waals surface area contributed by atoms with Gasteiger partial charge in [0, 0.05) is 34.7 Å². The summed E-state index contributed by atoms with van der Waals surface area (Å²) >= 11 is 3.28. The third-order valence-electron chi connectivity index (χ3n) is 4.89. The molecule has 0 fully saturated rings. The van der Waals surface area contributed by atoms with Gasteiger partial charge in [-0.2, -0.15) is 0 Å². The number of rotatable bonds is 6. The Kier molecular flexibility index (Phi) is 6.60. The van der Waals surface area contributed by atoms with Crippen LogP contribution in [-0.4, -0.2) is 36.6 Å². The Morgan fingerprint density at radius 2 is 2.00 bits per heavy atom. The number of carboxylic acid groups (broad SMARTS) is 1.